The number of imidazole rings is 1. The van der Waals surface area contributed by atoms with E-state index < -0.39 is 0 Å². The first-order chi connectivity index (χ1) is 25.5. The van der Waals surface area contributed by atoms with E-state index in [2.05, 4.69) is 163 Å². The Morgan fingerprint density at radius 2 is 1.36 bits per heavy atom. The maximum Gasteiger partial charge on any atom is 0.268 e. The number of benzene rings is 6. The van der Waals surface area contributed by atoms with Crippen molar-refractivity contribution in [2.45, 2.75) is 20.8 Å². The Bertz CT molecular complexity index is 2710. The quantitative estimate of drug-likeness (QED) is 0.118. The van der Waals surface area contributed by atoms with Crippen LogP contribution in [0.1, 0.15) is 16.7 Å². The average molecular weight is 883 g/mol. The van der Waals surface area contributed by atoms with Crippen LogP contribution in [0.5, 0.6) is 11.5 Å². The third kappa shape index (κ3) is 6.41. The average Bonchev–Trinajstić information content (AvgIpc) is 3.75. The van der Waals surface area contributed by atoms with E-state index in [9.17, 15) is 0 Å². The summed E-state index contributed by atoms with van der Waals surface area (Å²) in [6.45, 7) is 6.50. The number of thiophene rings is 1. The molecule has 0 aliphatic rings. The molecule has 0 fully saturated rings. The smallest absolute Gasteiger partial charge is 0.268 e. The number of aryl methyl sites for hydroxylation is 3. The maximum atomic E-state index is 6.66. The van der Waals surface area contributed by atoms with Crippen LogP contribution in [0, 0.1) is 39.2 Å². The summed E-state index contributed by atoms with van der Waals surface area (Å²) in [6, 6.07) is 55.3. The fraction of sp³-hybridized carbons (Fsp3) is 0.0638. The number of pyridine rings is 1. The molecule has 53 heavy (non-hydrogen) atoms. The van der Waals surface area contributed by atoms with Crippen LogP contribution in [0.3, 0.4) is 0 Å². The van der Waals surface area contributed by atoms with Crippen LogP contribution in [0.4, 0.5) is 0 Å². The molecule has 0 atom stereocenters. The Kier molecular flexibility index (Phi) is 9.38. The van der Waals surface area contributed by atoms with Gasteiger partial charge in [-0.2, -0.15) is 23.5 Å². The van der Waals surface area contributed by atoms with Crippen molar-refractivity contribution in [1.82, 2.24) is 9.55 Å². The van der Waals surface area contributed by atoms with Gasteiger partial charge in [-0.1, -0.05) is 126 Å². The van der Waals surface area contributed by atoms with Crippen LogP contribution >= 0.6 is 11.3 Å². The van der Waals surface area contributed by atoms with E-state index in [0.29, 0.717) is 11.5 Å². The zero-order valence-electron chi connectivity index (χ0n) is 29.3. The molecule has 0 aliphatic heterocycles. The number of rotatable bonds is 7. The SMILES string of the molecule is Cc1cc(C)c(-[n+]2[c-]n(-c3[c-]c(Oc4[c-]c(-c5ccccn5)c5sc6ccccc6c5c4)ccc3)c(-c3ccccc3)c2-c2ccccc2)c(C)c1.[Pt]. The Balaban J connectivity index is 0.00000400. The van der Waals surface area contributed by atoms with Crippen molar-refractivity contribution in [3.63, 3.8) is 0 Å². The van der Waals surface area contributed by atoms with Crippen molar-refractivity contribution >= 4 is 31.5 Å². The van der Waals surface area contributed by atoms with Crippen molar-refractivity contribution < 1.29 is 30.4 Å². The van der Waals surface area contributed by atoms with Gasteiger partial charge in [-0.3, -0.25) is 4.57 Å². The first-order valence-corrected chi connectivity index (χ1v) is 18.1. The molecular weight excluding hydrogens is 850 g/mol. The largest absolute Gasteiger partial charge is 0.503 e. The van der Waals surface area contributed by atoms with Gasteiger partial charge in [-0.25, -0.2) is 0 Å². The van der Waals surface area contributed by atoms with Crippen molar-refractivity contribution in [2.75, 3.05) is 0 Å². The second-order valence-electron chi connectivity index (χ2n) is 13.0. The molecule has 0 aliphatic carbocycles. The molecule has 0 N–H and O–H groups in total. The molecular formula is C47H33N3OPtS-2. The molecule has 260 valence electrons. The van der Waals surface area contributed by atoms with Crippen molar-refractivity contribution in [2.24, 2.45) is 0 Å². The number of nitrogens with zero attached hydrogens (tertiary/aromatic N) is 3. The summed E-state index contributed by atoms with van der Waals surface area (Å²) in [5, 5.41) is 2.30. The van der Waals surface area contributed by atoms with E-state index in [1.807, 2.05) is 36.5 Å². The van der Waals surface area contributed by atoms with Gasteiger partial charge in [0.2, 0.25) is 0 Å². The molecule has 3 aromatic heterocycles. The van der Waals surface area contributed by atoms with E-state index in [1.54, 1.807) is 11.3 Å². The summed E-state index contributed by atoms with van der Waals surface area (Å²) in [5.41, 5.74) is 11.5. The molecule has 0 saturated carbocycles. The van der Waals surface area contributed by atoms with Gasteiger partial charge in [0.05, 0.1) is 17.1 Å². The molecule has 0 unspecified atom stereocenters. The van der Waals surface area contributed by atoms with E-state index in [1.165, 1.54) is 26.8 Å². The van der Waals surface area contributed by atoms with Gasteiger partial charge < -0.3 is 14.3 Å². The zero-order valence-corrected chi connectivity index (χ0v) is 32.4. The van der Waals surface area contributed by atoms with Crippen molar-refractivity contribution in [3.05, 3.63) is 181 Å². The second kappa shape index (κ2) is 14.4. The molecule has 9 aromatic rings. The minimum absolute atomic E-state index is 0. The first-order valence-electron chi connectivity index (χ1n) is 17.3. The van der Waals surface area contributed by atoms with Crippen LogP contribution in [-0.4, -0.2) is 9.55 Å². The number of hydrogen-bond acceptors (Lipinski definition) is 3. The summed E-state index contributed by atoms with van der Waals surface area (Å²) in [5.74, 6) is 1.19. The Morgan fingerprint density at radius 3 is 2.09 bits per heavy atom. The topological polar surface area (TPSA) is 30.9 Å². The third-order valence-electron chi connectivity index (χ3n) is 9.34. The van der Waals surface area contributed by atoms with Crippen molar-refractivity contribution in [1.29, 1.82) is 0 Å². The summed E-state index contributed by atoms with van der Waals surface area (Å²) < 4.78 is 13.3. The standard InChI is InChI=1S/C47H33N3OS.Pt/c1-31-25-32(2)44(33(3)26-31)50-30-49(45(34-15-6-4-7-16-34)46(50)35-17-8-5-9-18-35)36-19-14-20-37(27-36)51-38-28-40-39-21-10-11-23-43(39)52-47(40)41(29-38)42-22-12-13-24-48-42;/h4-26,28H,1-3H3;/q-2;. The summed E-state index contributed by atoms with van der Waals surface area (Å²) in [7, 11) is 0. The van der Waals surface area contributed by atoms with Crippen LogP contribution in [0.15, 0.2) is 146 Å². The molecule has 0 amide bonds. The molecule has 6 aromatic carbocycles. The normalized spacial score (nSPS) is 11.2. The Morgan fingerprint density at radius 1 is 0.660 bits per heavy atom. The van der Waals surface area contributed by atoms with Crippen LogP contribution in [0.25, 0.3) is 65.3 Å². The Labute approximate surface area is 327 Å². The van der Waals surface area contributed by atoms with E-state index in [0.717, 1.165) is 55.2 Å². The van der Waals surface area contributed by atoms with Gasteiger partial charge in [-0.05, 0) is 76.6 Å². The van der Waals surface area contributed by atoms with Gasteiger partial charge >= 0.3 is 0 Å². The van der Waals surface area contributed by atoms with E-state index >= 15 is 0 Å². The number of aromatic nitrogens is 3. The fourth-order valence-electron chi connectivity index (χ4n) is 7.23. The predicted octanol–water partition coefficient (Wildman–Crippen LogP) is 11.6. The summed E-state index contributed by atoms with van der Waals surface area (Å²) in [6.07, 6.45) is 5.60. The molecule has 0 saturated heterocycles. The first kappa shape index (κ1) is 34.5. The minimum Gasteiger partial charge on any atom is -0.503 e. The molecule has 9 rings (SSSR count). The van der Waals surface area contributed by atoms with Crippen LogP contribution in [-0.2, 0) is 21.1 Å². The monoisotopic (exact) mass is 882 g/mol. The van der Waals surface area contributed by atoms with Gasteiger partial charge in [-0.15, -0.1) is 17.7 Å². The van der Waals surface area contributed by atoms with E-state index in [-0.39, 0.29) is 21.1 Å². The van der Waals surface area contributed by atoms with Gasteiger partial charge in [0.25, 0.3) is 6.33 Å². The number of ether oxygens (including phenoxy) is 1. The summed E-state index contributed by atoms with van der Waals surface area (Å²) in [4.78, 5) is 4.69. The minimum atomic E-state index is 0. The zero-order chi connectivity index (χ0) is 35.2. The number of fused-ring (bicyclic) bond motifs is 3. The summed E-state index contributed by atoms with van der Waals surface area (Å²) >= 11 is 1.76. The predicted molar refractivity (Wildman–Crippen MR) is 212 cm³/mol. The fourth-order valence-corrected chi connectivity index (χ4v) is 8.42. The molecule has 6 heteroatoms. The van der Waals surface area contributed by atoms with Crippen LogP contribution < -0.4 is 9.30 Å². The van der Waals surface area contributed by atoms with Gasteiger partial charge in [0.15, 0.2) is 0 Å². The Hall–Kier alpha value is -5.61. The second-order valence-corrected chi connectivity index (χ2v) is 14.1. The molecule has 0 bridgehead atoms. The van der Waals surface area contributed by atoms with Gasteiger partial charge in [0, 0.05) is 43.5 Å². The van der Waals surface area contributed by atoms with Crippen molar-refractivity contribution in [3.8, 4) is 56.6 Å². The maximum absolute atomic E-state index is 6.66. The van der Waals surface area contributed by atoms with E-state index in [4.69, 9.17) is 4.74 Å². The molecule has 0 spiro atoms. The van der Waals surface area contributed by atoms with Crippen LogP contribution in [0.2, 0.25) is 0 Å². The number of hydrogen-bond donors (Lipinski definition) is 0. The van der Waals surface area contributed by atoms with Gasteiger partial charge in [0.1, 0.15) is 0 Å². The molecule has 4 nitrogen and oxygen atoms in total. The molecule has 3 heterocycles. The third-order valence-corrected chi connectivity index (χ3v) is 10.5. The molecule has 0 radical (unpaired) electrons.